The second kappa shape index (κ2) is 12.9. The molecule has 2 aromatic rings. The number of carbonyl (C=O) groups is 3. The number of carbonyl (C=O) groups excluding carboxylic acids is 3. The topological polar surface area (TPSA) is 153 Å². The van der Waals surface area contributed by atoms with Crippen LogP contribution in [0.1, 0.15) is 11.1 Å². The summed E-state index contributed by atoms with van der Waals surface area (Å²) in [6, 6.07) is 16.8. The van der Waals surface area contributed by atoms with Crippen molar-refractivity contribution in [2.75, 3.05) is 20.3 Å². The molecule has 0 bridgehead atoms. The van der Waals surface area contributed by atoms with Crippen molar-refractivity contribution < 1.29 is 43.5 Å². The smallest absolute Gasteiger partial charge is 0.328 e. The van der Waals surface area contributed by atoms with E-state index in [0.717, 1.165) is 11.1 Å². The summed E-state index contributed by atoms with van der Waals surface area (Å²) in [5, 5.41) is 25.7. The lowest BCUT2D eigenvalue weighted by Crippen LogP contribution is -2.56. The molecule has 7 atom stereocenters. The van der Waals surface area contributed by atoms with Crippen molar-refractivity contribution in [3.63, 3.8) is 0 Å². The van der Waals surface area contributed by atoms with Crippen molar-refractivity contribution in [3.8, 4) is 0 Å². The van der Waals surface area contributed by atoms with Crippen LogP contribution in [0.15, 0.2) is 60.7 Å². The van der Waals surface area contributed by atoms with Gasteiger partial charge in [-0.05, 0) is 11.1 Å². The predicted molar refractivity (Wildman–Crippen MR) is 133 cm³/mol. The highest BCUT2D eigenvalue weighted by molar-refractivity contribution is 5.93. The average molecular weight is 529 g/mol. The highest BCUT2D eigenvalue weighted by Crippen LogP contribution is 2.29. The first-order valence-electron chi connectivity index (χ1n) is 12.3. The van der Waals surface area contributed by atoms with Gasteiger partial charge in [0.15, 0.2) is 12.2 Å². The van der Waals surface area contributed by atoms with Gasteiger partial charge < -0.3 is 39.8 Å². The number of aliphatic hydroxyl groups is 2. The molecule has 4 N–H and O–H groups in total. The molecule has 2 amide bonds. The van der Waals surface area contributed by atoms with E-state index in [4.69, 9.17) is 18.9 Å². The SMILES string of the molecule is COC(=O)[C@H](Cc1ccccc1)NC(=O)[C@H](O)[C@@H](O)C(=O)N[C@H]1COC2C1OC[C@H]2OCc1ccccc1. The summed E-state index contributed by atoms with van der Waals surface area (Å²) < 4.78 is 22.3. The van der Waals surface area contributed by atoms with Gasteiger partial charge in [-0.15, -0.1) is 0 Å². The van der Waals surface area contributed by atoms with Crippen LogP contribution in [0.4, 0.5) is 0 Å². The molecule has 0 radical (unpaired) electrons. The van der Waals surface area contributed by atoms with E-state index in [-0.39, 0.29) is 25.7 Å². The Morgan fingerprint density at radius 3 is 2.16 bits per heavy atom. The van der Waals surface area contributed by atoms with Crippen LogP contribution in [0.25, 0.3) is 0 Å². The van der Waals surface area contributed by atoms with Gasteiger partial charge >= 0.3 is 5.97 Å². The molecule has 0 aliphatic carbocycles. The number of hydrogen-bond donors (Lipinski definition) is 4. The van der Waals surface area contributed by atoms with Crippen LogP contribution in [0.2, 0.25) is 0 Å². The minimum atomic E-state index is -2.12. The van der Waals surface area contributed by atoms with Crippen molar-refractivity contribution in [1.29, 1.82) is 0 Å². The molecular formula is C27H32N2O9. The van der Waals surface area contributed by atoms with E-state index in [1.54, 1.807) is 30.3 Å². The van der Waals surface area contributed by atoms with E-state index >= 15 is 0 Å². The van der Waals surface area contributed by atoms with Crippen LogP contribution in [0.5, 0.6) is 0 Å². The highest BCUT2D eigenvalue weighted by atomic mass is 16.6. The van der Waals surface area contributed by atoms with Crippen LogP contribution in [-0.2, 0) is 46.4 Å². The summed E-state index contributed by atoms with van der Waals surface area (Å²) in [6.45, 7) is 0.774. The number of benzene rings is 2. The molecule has 2 heterocycles. The third kappa shape index (κ3) is 6.74. The Hall–Kier alpha value is -3.35. The fourth-order valence-corrected chi connectivity index (χ4v) is 4.51. The molecule has 2 saturated heterocycles. The van der Waals surface area contributed by atoms with Crippen molar-refractivity contribution in [2.45, 2.75) is 55.6 Å². The van der Waals surface area contributed by atoms with E-state index in [9.17, 15) is 24.6 Å². The van der Waals surface area contributed by atoms with Gasteiger partial charge in [0, 0.05) is 6.42 Å². The molecule has 11 nitrogen and oxygen atoms in total. The Morgan fingerprint density at radius 2 is 1.50 bits per heavy atom. The van der Waals surface area contributed by atoms with E-state index in [2.05, 4.69) is 10.6 Å². The van der Waals surface area contributed by atoms with E-state index < -0.39 is 54.3 Å². The molecule has 2 aliphatic rings. The van der Waals surface area contributed by atoms with Crippen LogP contribution >= 0.6 is 0 Å². The lowest BCUT2D eigenvalue weighted by Gasteiger charge is -2.23. The Balaban J connectivity index is 1.28. The minimum absolute atomic E-state index is 0.0988. The molecule has 38 heavy (non-hydrogen) atoms. The van der Waals surface area contributed by atoms with Crippen LogP contribution < -0.4 is 10.6 Å². The summed E-state index contributed by atoms with van der Waals surface area (Å²) in [6.07, 6.45) is -5.36. The largest absolute Gasteiger partial charge is 0.467 e. The van der Waals surface area contributed by atoms with Gasteiger partial charge in [-0.2, -0.15) is 0 Å². The summed E-state index contributed by atoms with van der Waals surface area (Å²) in [4.78, 5) is 37.4. The van der Waals surface area contributed by atoms with E-state index in [1.165, 1.54) is 7.11 Å². The van der Waals surface area contributed by atoms with Crippen molar-refractivity contribution >= 4 is 17.8 Å². The van der Waals surface area contributed by atoms with Gasteiger partial charge in [0.05, 0.1) is 33.0 Å². The van der Waals surface area contributed by atoms with Crippen molar-refractivity contribution in [3.05, 3.63) is 71.8 Å². The predicted octanol–water partition coefficient (Wildman–Crippen LogP) is -0.523. The average Bonchev–Trinajstić information content (AvgIpc) is 3.54. The Labute approximate surface area is 220 Å². The molecule has 11 heteroatoms. The van der Waals surface area contributed by atoms with Crippen LogP contribution in [0.3, 0.4) is 0 Å². The number of rotatable bonds is 11. The maximum absolute atomic E-state index is 12.7. The lowest BCUT2D eigenvalue weighted by atomic mass is 10.0. The molecular weight excluding hydrogens is 496 g/mol. The van der Waals surface area contributed by atoms with Crippen molar-refractivity contribution in [1.82, 2.24) is 10.6 Å². The molecule has 204 valence electrons. The molecule has 2 aliphatic heterocycles. The van der Waals surface area contributed by atoms with Crippen LogP contribution in [0, 0.1) is 0 Å². The first-order valence-corrected chi connectivity index (χ1v) is 12.3. The minimum Gasteiger partial charge on any atom is -0.467 e. The third-order valence-electron chi connectivity index (χ3n) is 6.56. The second-order valence-corrected chi connectivity index (χ2v) is 9.21. The van der Waals surface area contributed by atoms with Gasteiger partial charge in [-0.25, -0.2) is 4.79 Å². The van der Waals surface area contributed by atoms with Gasteiger partial charge in [0.1, 0.15) is 24.4 Å². The lowest BCUT2D eigenvalue weighted by molar-refractivity contribution is -0.150. The Bertz CT molecular complexity index is 1080. The third-order valence-corrected chi connectivity index (χ3v) is 6.56. The molecule has 0 aromatic heterocycles. The molecule has 2 aromatic carbocycles. The second-order valence-electron chi connectivity index (χ2n) is 9.21. The van der Waals surface area contributed by atoms with Crippen LogP contribution in [-0.4, -0.2) is 90.9 Å². The number of ether oxygens (including phenoxy) is 4. The molecule has 0 spiro atoms. The zero-order valence-electron chi connectivity index (χ0n) is 20.9. The number of esters is 1. The number of amides is 2. The monoisotopic (exact) mass is 528 g/mol. The van der Waals surface area contributed by atoms with Gasteiger partial charge in [-0.1, -0.05) is 60.7 Å². The Kier molecular flexibility index (Phi) is 9.43. The molecule has 2 unspecified atom stereocenters. The first kappa shape index (κ1) is 27.7. The van der Waals surface area contributed by atoms with E-state index in [0.29, 0.717) is 6.61 Å². The molecule has 0 saturated carbocycles. The van der Waals surface area contributed by atoms with Gasteiger partial charge in [0.25, 0.3) is 11.8 Å². The summed E-state index contributed by atoms with van der Waals surface area (Å²) in [5.74, 6) is -2.80. The number of aliphatic hydroxyl groups excluding tert-OH is 2. The quantitative estimate of drug-likeness (QED) is 0.282. The Morgan fingerprint density at radius 1 is 0.895 bits per heavy atom. The number of fused-ring (bicyclic) bond motifs is 1. The highest BCUT2D eigenvalue weighted by Gasteiger charge is 2.49. The number of methoxy groups -OCH3 is 1. The number of hydrogen-bond acceptors (Lipinski definition) is 9. The fourth-order valence-electron chi connectivity index (χ4n) is 4.51. The fraction of sp³-hybridized carbons (Fsp3) is 0.444. The molecule has 2 fully saturated rings. The standard InChI is InChI=1S/C27H32N2O9/c1-35-27(34)18(12-16-8-4-2-5-9-16)28-25(32)21(30)22(31)26(33)29-19-14-37-24-20(15-38-23(19)24)36-13-17-10-6-3-7-11-17/h2-11,18-24,30-31H,12-15H2,1H3,(H,28,32)(H,29,33)/t18-,19-,20+,21+,22+,23?,24?/m0/s1. The maximum atomic E-state index is 12.7. The number of nitrogens with one attached hydrogen (secondary N) is 2. The van der Waals surface area contributed by atoms with Gasteiger partial charge in [-0.3, -0.25) is 9.59 Å². The summed E-state index contributed by atoms with van der Waals surface area (Å²) >= 11 is 0. The van der Waals surface area contributed by atoms with E-state index in [1.807, 2.05) is 30.3 Å². The molecule has 4 rings (SSSR count). The maximum Gasteiger partial charge on any atom is 0.328 e. The van der Waals surface area contributed by atoms with Crippen molar-refractivity contribution in [2.24, 2.45) is 0 Å². The first-order chi connectivity index (χ1) is 18.4. The summed E-state index contributed by atoms with van der Waals surface area (Å²) in [7, 11) is 1.17. The zero-order chi connectivity index (χ0) is 27.1. The normalized spacial score (nSPS) is 24.6. The zero-order valence-corrected chi connectivity index (χ0v) is 20.9. The summed E-state index contributed by atoms with van der Waals surface area (Å²) in [5.41, 5.74) is 1.75. The van der Waals surface area contributed by atoms with Gasteiger partial charge in [0.2, 0.25) is 0 Å².